The Morgan fingerprint density at radius 1 is 1.19 bits per heavy atom. The van der Waals surface area contributed by atoms with Gasteiger partial charge in [0.25, 0.3) is 0 Å². The molecule has 1 fully saturated rings. The molecule has 0 aromatic heterocycles. The second-order valence-electron chi connectivity index (χ2n) is 5.56. The Kier molecular flexibility index (Phi) is 5.93. The predicted octanol–water partition coefficient (Wildman–Crippen LogP) is 2.72. The molecular formula is C17H23NO3. The second kappa shape index (κ2) is 7.93. The van der Waals surface area contributed by atoms with Crippen LogP contribution in [0.3, 0.4) is 0 Å². The zero-order valence-electron chi connectivity index (χ0n) is 12.5. The molecule has 2 rings (SSSR count). The van der Waals surface area contributed by atoms with Gasteiger partial charge in [-0.2, -0.15) is 0 Å². The minimum Gasteiger partial charge on any atom is -0.469 e. The number of benzene rings is 1. The number of carbonyl (C=O) groups excluding carboxylic acids is 2. The molecule has 114 valence electrons. The van der Waals surface area contributed by atoms with Crippen LogP contribution < -0.4 is 5.32 Å². The number of nitrogens with one attached hydrogen (secondary N) is 1. The van der Waals surface area contributed by atoms with Crippen LogP contribution in [0.15, 0.2) is 30.3 Å². The number of ketones is 1. The molecule has 0 amide bonds. The zero-order chi connectivity index (χ0) is 15.1. The fraction of sp³-hybridized carbons (Fsp3) is 0.529. The molecule has 0 heterocycles. The quantitative estimate of drug-likeness (QED) is 0.646. The molecule has 1 aliphatic rings. The lowest BCUT2D eigenvalue weighted by Crippen LogP contribution is -2.45. The van der Waals surface area contributed by atoms with Gasteiger partial charge in [-0.1, -0.05) is 49.6 Å². The first-order chi connectivity index (χ1) is 10.2. The first kappa shape index (κ1) is 15.7. The van der Waals surface area contributed by atoms with Gasteiger partial charge in [-0.05, 0) is 12.8 Å². The van der Waals surface area contributed by atoms with Gasteiger partial charge < -0.3 is 10.1 Å². The van der Waals surface area contributed by atoms with Crippen molar-refractivity contribution in [3.63, 3.8) is 0 Å². The number of methoxy groups -OCH3 is 1. The Bertz CT molecular complexity index is 466. The van der Waals surface area contributed by atoms with Crippen molar-refractivity contribution in [3.8, 4) is 0 Å². The number of rotatable bonds is 6. The molecule has 4 nitrogen and oxygen atoms in total. The van der Waals surface area contributed by atoms with Crippen molar-refractivity contribution < 1.29 is 14.3 Å². The van der Waals surface area contributed by atoms with Crippen molar-refractivity contribution in [1.29, 1.82) is 0 Å². The molecule has 1 unspecified atom stereocenters. The SMILES string of the molecule is COC(=O)CC(NC1CCCCC1)C(=O)c1ccccc1. The highest BCUT2D eigenvalue weighted by atomic mass is 16.5. The third-order valence-electron chi connectivity index (χ3n) is 4.02. The minimum absolute atomic E-state index is 0.0356. The fourth-order valence-corrected chi connectivity index (χ4v) is 2.83. The van der Waals surface area contributed by atoms with Crippen molar-refractivity contribution in [2.24, 2.45) is 0 Å². The molecule has 1 aromatic rings. The maximum atomic E-state index is 12.6. The topological polar surface area (TPSA) is 55.4 Å². The number of hydrogen-bond acceptors (Lipinski definition) is 4. The number of Topliss-reactive ketones (excluding diaryl/α,β-unsaturated/α-hetero) is 1. The molecule has 0 aliphatic heterocycles. The highest BCUT2D eigenvalue weighted by Gasteiger charge is 2.26. The number of carbonyl (C=O) groups is 2. The molecule has 1 N–H and O–H groups in total. The van der Waals surface area contributed by atoms with Crippen molar-refractivity contribution in [3.05, 3.63) is 35.9 Å². The molecule has 0 bridgehead atoms. The Balaban J connectivity index is 2.07. The summed E-state index contributed by atoms with van der Waals surface area (Å²) in [6, 6.07) is 8.95. The van der Waals surface area contributed by atoms with Gasteiger partial charge in [0, 0.05) is 11.6 Å². The summed E-state index contributed by atoms with van der Waals surface area (Å²) in [7, 11) is 1.35. The second-order valence-corrected chi connectivity index (χ2v) is 5.56. The van der Waals surface area contributed by atoms with Gasteiger partial charge in [0.1, 0.15) is 0 Å². The predicted molar refractivity (Wildman–Crippen MR) is 81.2 cm³/mol. The summed E-state index contributed by atoms with van der Waals surface area (Å²) in [5, 5.41) is 3.37. The van der Waals surface area contributed by atoms with Crippen LogP contribution in [0.25, 0.3) is 0 Å². The lowest BCUT2D eigenvalue weighted by Gasteiger charge is -2.27. The molecule has 0 radical (unpaired) electrons. The van der Waals surface area contributed by atoms with Gasteiger partial charge in [-0.25, -0.2) is 0 Å². The molecular weight excluding hydrogens is 266 g/mol. The van der Waals surface area contributed by atoms with Crippen molar-refractivity contribution in [2.45, 2.75) is 50.6 Å². The van der Waals surface area contributed by atoms with E-state index in [1.165, 1.54) is 26.4 Å². The first-order valence-corrected chi connectivity index (χ1v) is 7.63. The molecule has 1 aliphatic carbocycles. The van der Waals surface area contributed by atoms with E-state index in [-0.39, 0.29) is 18.2 Å². The van der Waals surface area contributed by atoms with Crippen LogP contribution in [-0.2, 0) is 9.53 Å². The molecule has 1 saturated carbocycles. The lowest BCUT2D eigenvalue weighted by atomic mass is 9.93. The van der Waals surface area contributed by atoms with E-state index in [4.69, 9.17) is 4.74 Å². The van der Waals surface area contributed by atoms with E-state index in [1.807, 2.05) is 18.2 Å². The fourth-order valence-electron chi connectivity index (χ4n) is 2.83. The molecule has 0 saturated heterocycles. The van der Waals surface area contributed by atoms with Crippen molar-refractivity contribution in [1.82, 2.24) is 5.32 Å². The third kappa shape index (κ3) is 4.67. The summed E-state index contributed by atoms with van der Waals surface area (Å²) in [5.41, 5.74) is 0.634. The molecule has 1 atom stereocenters. The highest BCUT2D eigenvalue weighted by molar-refractivity contribution is 6.01. The van der Waals surface area contributed by atoms with Crippen LogP contribution in [0.5, 0.6) is 0 Å². The summed E-state index contributed by atoms with van der Waals surface area (Å²) < 4.78 is 4.72. The Hall–Kier alpha value is -1.68. The van der Waals surface area contributed by atoms with Gasteiger partial charge in [-0.3, -0.25) is 9.59 Å². The summed E-state index contributed by atoms with van der Waals surface area (Å²) in [6.45, 7) is 0. The van der Waals surface area contributed by atoms with Crippen molar-refractivity contribution in [2.75, 3.05) is 7.11 Å². The summed E-state index contributed by atoms with van der Waals surface area (Å²) in [5.74, 6) is -0.390. The number of esters is 1. The van der Waals surface area contributed by atoms with E-state index in [1.54, 1.807) is 12.1 Å². The third-order valence-corrected chi connectivity index (χ3v) is 4.02. The summed E-state index contributed by atoms with van der Waals surface area (Å²) in [6.07, 6.45) is 5.84. The van der Waals surface area contributed by atoms with E-state index in [0.717, 1.165) is 12.8 Å². The first-order valence-electron chi connectivity index (χ1n) is 7.63. The minimum atomic E-state index is -0.497. The summed E-state index contributed by atoms with van der Waals surface area (Å²) in [4.78, 5) is 24.2. The Morgan fingerprint density at radius 3 is 2.48 bits per heavy atom. The lowest BCUT2D eigenvalue weighted by molar-refractivity contribution is -0.141. The molecule has 4 heteroatoms. The van der Waals surface area contributed by atoms with Crippen LogP contribution in [0.4, 0.5) is 0 Å². The van der Waals surface area contributed by atoms with E-state index in [0.29, 0.717) is 11.6 Å². The van der Waals surface area contributed by atoms with Crippen LogP contribution in [-0.4, -0.2) is 30.9 Å². The van der Waals surface area contributed by atoms with E-state index < -0.39 is 6.04 Å². The van der Waals surface area contributed by atoms with E-state index >= 15 is 0 Å². The average Bonchev–Trinajstić information content (AvgIpc) is 2.55. The van der Waals surface area contributed by atoms with Gasteiger partial charge in [0.05, 0.1) is 19.6 Å². The Morgan fingerprint density at radius 2 is 1.86 bits per heavy atom. The normalized spacial score (nSPS) is 17.2. The van der Waals surface area contributed by atoms with Crippen molar-refractivity contribution >= 4 is 11.8 Å². The average molecular weight is 289 g/mol. The van der Waals surface area contributed by atoms with E-state index in [9.17, 15) is 9.59 Å². The zero-order valence-corrected chi connectivity index (χ0v) is 12.5. The molecule has 21 heavy (non-hydrogen) atoms. The smallest absolute Gasteiger partial charge is 0.307 e. The van der Waals surface area contributed by atoms with Crippen LogP contribution in [0.1, 0.15) is 48.9 Å². The maximum absolute atomic E-state index is 12.6. The van der Waals surface area contributed by atoms with E-state index in [2.05, 4.69) is 5.32 Å². The van der Waals surface area contributed by atoms with Gasteiger partial charge >= 0.3 is 5.97 Å². The van der Waals surface area contributed by atoms with Gasteiger partial charge in [0.2, 0.25) is 0 Å². The van der Waals surface area contributed by atoms with Gasteiger partial charge in [-0.15, -0.1) is 0 Å². The monoisotopic (exact) mass is 289 g/mol. The van der Waals surface area contributed by atoms with Crippen LogP contribution >= 0.6 is 0 Å². The Labute approximate surface area is 125 Å². The largest absolute Gasteiger partial charge is 0.469 e. The standard InChI is InChI=1S/C17H23NO3/c1-21-16(19)12-15(18-14-10-6-3-7-11-14)17(20)13-8-4-2-5-9-13/h2,4-5,8-9,14-15,18H,3,6-7,10-12H2,1H3. The molecule has 1 aromatic carbocycles. The van der Waals surface area contributed by atoms with Gasteiger partial charge in [0.15, 0.2) is 5.78 Å². The maximum Gasteiger partial charge on any atom is 0.307 e. The van der Waals surface area contributed by atoms with Crippen LogP contribution in [0, 0.1) is 0 Å². The number of hydrogen-bond donors (Lipinski definition) is 1. The highest BCUT2D eigenvalue weighted by Crippen LogP contribution is 2.19. The molecule has 0 spiro atoms. The summed E-state index contributed by atoms with van der Waals surface area (Å²) >= 11 is 0. The van der Waals surface area contributed by atoms with Crippen LogP contribution in [0.2, 0.25) is 0 Å². The number of ether oxygens (including phenoxy) is 1.